The van der Waals surface area contributed by atoms with Crippen LogP contribution in [0.5, 0.6) is 0 Å². The minimum absolute atomic E-state index is 0.358. The van der Waals surface area contributed by atoms with Gasteiger partial charge < -0.3 is 16.0 Å². The third kappa shape index (κ3) is 3.11. The number of nitrogens with zero attached hydrogens (tertiary/aromatic N) is 2. The Morgan fingerprint density at radius 3 is 2.86 bits per heavy atom. The SMILES string of the molecule is C[C@@H]1C[C@@H](c2ccc(CN)c3ncccc23)CN(C(=O)C[C@H]2[C@@H]3CNC[C@@H]32)C1. The van der Waals surface area contributed by atoms with Gasteiger partial charge in [-0.2, -0.15) is 0 Å². The van der Waals surface area contributed by atoms with Crippen molar-refractivity contribution in [3.63, 3.8) is 0 Å². The van der Waals surface area contributed by atoms with Crippen LogP contribution in [-0.4, -0.2) is 42.0 Å². The molecule has 2 aromatic rings. The Labute approximate surface area is 166 Å². The number of likely N-dealkylation sites (tertiary alicyclic amines) is 1. The molecule has 0 unspecified atom stereocenters. The van der Waals surface area contributed by atoms with Crippen molar-refractivity contribution in [2.24, 2.45) is 29.4 Å². The molecule has 3 fully saturated rings. The summed E-state index contributed by atoms with van der Waals surface area (Å²) in [5, 5.41) is 4.62. The first-order valence-electron chi connectivity index (χ1n) is 10.7. The number of benzene rings is 1. The van der Waals surface area contributed by atoms with Gasteiger partial charge in [0.1, 0.15) is 0 Å². The molecule has 0 spiro atoms. The van der Waals surface area contributed by atoms with Crippen LogP contribution in [0.4, 0.5) is 0 Å². The van der Waals surface area contributed by atoms with Crippen LogP contribution >= 0.6 is 0 Å². The Morgan fingerprint density at radius 1 is 1.25 bits per heavy atom. The molecule has 1 aliphatic carbocycles. The second kappa shape index (κ2) is 7.12. The van der Waals surface area contributed by atoms with Crippen LogP contribution in [0.2, 0.25) is 0 Å². The van der Waals surface area contributed by atoms with E-state index < -0.39 is 0 Å². The average Bonchev–Trinajstić information content (AvgIpc) is 3.12. The molecular formula is C23H30N4O. The van der Waals surface area contributed by atoms with Crippen molar-refractivity contribution in [2.45, 2.75) is 32.2 Å². The van der Waals surface area contributed by atoms with Crippen LogP contribution in [0.15, 0.2) is 30.5 Å². The van der Waals surface area contributed by atoms with E-state index in [1.54, 1.807) is 0 Å². The Balaban J connectivity index is 1.37. The largest absolute Gasteiger partial charge is 0.342 e. The number of carbonyl (C=O) groups excluding carboxylic acids is 1. The quantitative estimate of drug-likeness (QED) is 0.858. The molecule has 0 radical (unpaired) electrons. The van der Waals surface area contributed by atoms with Crippen LogP contribution in [0.3, 0.4) is 0 Å². The fourth-order valence-corrected chi connectivity index (χ4v) is 5.73. The van der Waals surface area contributed by atoms with E-state index in [2.05, 4.69) is 40.3 Å². The van der Waals surface area contributed by atoms with Crippen molar-refractivity contribution in [3.8, 4) is 0 Å². The van der Waals surface area contributed by atoms with E-state index in [1.807, 2.05) is 12.3 Å². The minimum Gasteiger partial charge on any atom is -0.342 e. The molecule has 5 nitrogen and oxygen atoms in total. The normalized spacial score (nSPS) is 31.8. The number of nitrogens with one attached hydrogen (secondary N) is 1. The lowest BCUT2D eigenvalue weighted by atomic mass is 9.83. The summed E-state index contributed by atoms with van der Waals surface area (Å²) in [5.74, 6) is 3.37. The summed E-state index contributed by atoms with van der Waals surface area (Å²) in [6, 6.07) is 8.49. The zero-order valence-corrected chi connectivity index (χ0v) is 16.6. The maximum Gasteiger partial charge on any atom is 0.222 e. The van der Waals surface area contributed by atoms with E-state index in [0.29, 0.717) is 30.2 Å². The van der Waals surface area contributed by atoms with Gasteiger partial charge in [0, 0.05) is 43.6 Å². The van der Waals surface area contributed by atoms with Gasteiger partial charge in [0.05, 0.1) is 5.52 Å². The van der Waals surface area contributed by atoms with Crippen molar-refractivity contribution >= 4 is 16.8 Å². The number of aromatic nitrogens is 1. The Hall–Kier alpha value is -1.98. The number of amides is 1. The standard InChI is InChI=1S/C23H30N4O/c1-14-7-16(17-5-4-15(9-24)23-18(17)3-2-6-26-23)13-27(12-14)22(28)8-19-20-10-25-11-21(19)20/h2-6,14,16,19-21,25H,7-13,24H2,1H3/t14-,16-,19-,20-,21+/m1/s1. The van der Waals surface area contributed by atoms with Crippen molar-refractivity contribution in [1.82, 2.24) is 15.2 Å². The fraction of sp³-hybridized carbons (Fsp3) is 0.565. The number of fused-ring (bicyclic) bond motifs is 2. The average molecular weight is 379 g/mol. The van der Waals surface area contributed by atoms with Gasteiger partial charge in [-0.15, -0.1) is 0 Å². The summed E-state index contributed by atoms with van der Waals surface area (Å²) in [6.45, 7) is 6.71. The molecule has 3 aliphatic rings. The number of rotatable bonds is 4. The zero-order chi connectivity index (χ0) is 19.3. The molecule has 1 saturated carbocycles. The lowest BCUT2D eigenvalue weighted by molar-refractivity contribution is -0.133. The van der Waals surface area contributed by atoms with Crippen molar-refractivity contribution in [1.29, 1.82) is 0 Å². The van der Waals surface area contributed by atoms with Crippen molar-refractivity contribution in [2.75, 3.05) is 26.2 Å². The summed E-state index contributed by atoms with van der Waals surface area (Å²) < 4.78 is 0. The fourth-order valence-electron chi connectivity index (χ4n) is 5.73. The third-order valence-corrected chi connectivity index (χ3v) is 7.24. The predicted octanol–water partition coefficient (Wildman–Crippen LogP) is 2.50. The van der Waals surface area contributed by atoms with Gasteiger partial charge in [-0.3, -0.25) is 9.78 Å². The predicted molar refractivity (Wildman–Crippen MR) is 111 cm³/mol. The molecule has 5 atom stereocenters. The molecule has 3 heterocycles. The summed E-state index contributed by atoms with van der Waals surface area (Å²) >= 11 is 0. The maximum atomic E-state index is 13.0. The molecule has 1 aromatic carbocycles. The molecule has 28 heavy (non-hydrogen) atoms. The van der Waals surface area contributed by atoms with Gasteiger partial charge in [-0.25, -0.2) is 0 Å². The zero-order valence-electron chi connectivity index (χ0n) is 16.6. The summed E-state index contributed by atoms with van der Waals surface area (Å²) in [4.78, 5) is 19.8. The first-order valence-corrected chi connectivity index (χ1v) is 10.7. The van der Waals surface area contributed by atoms with Gasteiger partial charge >= 0.3 is 0 Å². The summed E-state index contributed by atoms with van der Waals surface area (Å²) in [6.07, 6.45) is 3.70. The molecule has 5 rings (SSSR count). The summed E-state index contributed by atoms with van der Waals surface area (Å²) in [5.41, 5.74) is 9.34. The molecule has 1 aromatic heterocycles. The highest BCUT2D eigenvalue weighted by molar-refractivity contribution is 5.86. The van der Waals surface area contributed by atoms with E-state index >= 15 is 0 Å². The maximum absolute atomic E-state index is 13.0. The molecule has 3 N–H and O–H groups in total. The first-order chi connectivity index (χ1) is 13.7. The van der Waals surface area contributed by atoms with Gasteiger partial charge in [0.15, 0.2) is 0 Å². The Kier molecular flexibility index (Phi) is 4.60. The van der Waals surface area contributed by atoms with Gasteiger partial charge in [-0.05, 0) is 60.4 Å². The third-order valence-electron chi connectivity index (χ3n) is 7.24. The van der Waals surface area contributed by atoms with E-state index in [4.69, 9.17) is 5.73 Å². The number of hydrogen-bond acceptors (Lipinski definition) is 4. The highest BCUT2D eigenvalue weighted by atomic mass is 16.2. The number of piperidine rings is 2. The van der Waals surface area contributed by atoms with Crippen molar-refractivity contribution < 1.29 is 4.79 Å². The van der Waals surface area contributed by atoms with Crippen LogP contribution in [0.25, 0.3) is 10.9 Å². The van der Waals surface area contributed by atoms with Gasteiger partial charge in [-0.1, -0.05) is 25.1 Å². The van der Waals surface area contributed by atoms with E-state index in [9.17, 15) is 4.79 Å². The molecule has 0 bridgehead atoms. The molecule has 1 amide bonds. The second-order valence-corrected chi connectivity index (χ2v) is 9.11. The van der Waals surface area contributed by atoms with Crippen molar-refractivity contribution in [3.05, 3.63) is 41.6 Å². The van der Waals surface area contributed by atoms with Crippen LogP contribution < -0.4 is 11.1 Å². The van der Waals surface area contributed by atoms with Gasteiger partial charge in [0.2, 0.25) is 5.91 Å². The first kappa shape index (κ1) is 18.1. The number of pyridine rings is 1. The second-order valence-electron chi connectivity index (χ2n) is 9.11. The summed E-state index contributed by atoms with van der Waals surface area (Å²) in [7, 11) is 0. The molecular weight excluding hydrogens is 348 g/mol. The number of hydrogen-bond donors (Lipinski definition) is 2. The molecule has 2 saturated heterocycles. The smallest absolute Gasteiger partial charge is 0.222 e. The number of nitrogens with two attached hydrogens (primary N) is 1. The van der Waals surface area contributed by atoms with E-state index in [-0.39, 0.29) is 0 Å². The van der Waals surface area contributed by atoms with Crippen LogP contribution in [0, 0.1) is 23.7 Å². The lowest BCUT2D eigenvalue weighted by Crippen LogP contribution is -2.43. The monoisotopic (exact) mass is 378 g/mol. The topological polar surface area (TPSA) is 71.2 Å². The molecule has 148 valence electrons. The number of carbonyl (C=O) groups is 1. The van der Waals surface area contributed by atoms with Crippen LogP contribution in [0.1, 0.15) is 36.8 Å². The van der Waals surface area contributed by atoms with E-state index in [1.165, 1.54) is 10.9 Å². The lowest BCUT2D eigenvalue weighted by Gasteiger charge is -2.37. The molecule has 2 aliphatic heterocycles. The Bertz CT molecular complexity index is 887. The molecule has 5 heteroatoms. The highest BCUT2D eigenvalue weighted by Crippen LogP contribution is 2.51. The van der Waals surface area contributed by atoms with E-state index in [0.717, 1.165) is 61.9 Å². The van der Waals surface area contributed by atoms with Gasteiger partial charge in [0.25, 0.3) is 0 Å². The van der Waals surface area contributed by atoms with Crippen LogP contribution in [-0.2, 0) is 11.3 Å². The Morgan fingerprint density at radius 2 is 2.07 bits per heavy atom. The minimum atomic E-state index is 0.358. The highest BCUT2D eigenvalue weighted by Gasteiger charge is 2.53.